The summed E-state index contributed by atoms with van der Waals surface area (Å²) in [4.78, 5) is 13.5. The molecule has 0 spiro atoms. The number of rotatable bonds is 1. The topological polar surface area (TPSA) is 40.5 Å². The summed E-state index contributed by atoms with van der Waals surface area (Å²) in [5.74, 6) is 0.122. The van der Waals surface area contributed by atoms with Crippen molar-refractivity contribution in [3.8, 4) is 0 Å². The van der Waals surface area contributed by atoms with Crippen molar-refractivity contribution in [2.75, 3.05) is 11.4 Å². The molecule has 0 fully saturated rings. The van der Waals surface area contributed by atoms with Crippen molar-refractivity contribution in [2.24, 2.45) is 0 Å². The van der Waals surface area contributed by atoms with Gasteiger partial charge in [-0.2, -0.15) is 0 Å². The van der Waals surface area contributed by atoms with Gasteiger partial charge in [0.05, 0.1) is 6.10 Å². The summed E-state index contributed by atoms with van der Waals surface area (Å²) in [6.07, 6.45) is 0.696. The van der Waals surface area contributed by atoms with Crippen LogP contribution in [0.25, 0.3) is 0 Å². The number of aliphatic hydroxyl groups excluding tert-OH is 1. The molecule has 2 rings (SSSR count). The summed E-state index contributed by atoms with van der Waals surface area (Å²) >= 11 is 0. The van der Waals surface area contributed by atoms with E-state index in [0.717, 1.165) is 16.8 Å². The lowest BCUT2D eigenvalue weighted by atomic mass is 9.97. The van der Waals surface area contributed by atoms with Crippen LogP contribution in [0.5, 0.6) is 0 Å². The Morgan fingerprint density at radius 2 is 2.31 bits per heavy atom. The number of hydrogen-bond donors (Lipinski definition) is 1. The van der Waals surface area contributed by atoms with Crippen molar-refractivity contribution in [1.82, 2.24) is 0 Å². The zero-order chi connectivity index (χ0) is 11.7. The lowest BCUT2D eigenvalue weighted by Gasteiger charge is -2.32. The first-order chi connectivity index (χ1) is 7.63. The van der Waals surface area contributed by atoms with Crippen LogP contribution in [0.1, 0.15) is 37.0 Å². The highest BCUT2D eigenvalue weighted by Crippen LogP contribution is 2.34. The summed E-state index contributed by atoms with van der Waals surface area (Å²) in [6.45, 7) is 4.47. The van der Waals surface area contributed by atoms with Crippen molar-refractivity contribution in [2.45, 2.75) is 32.8 Å². The van der Waals surface area contributed by atoms with Crippen molar-refractivity contribution in [1.29, 1.82) is 0 Å². The monoisotopic (exact) mass is 219 g/mol. The van der Waals surface area contributed by atoms with Gasteiger partial charge in [0.25, 0.3) is 0 Å². The first-order valence-corrected chi connectivity index (χ1v) is 5.72. The number of carbonyl (C=O) groups is 1. The van der Waals surface area contributed by atoms with E-state index in [-0.39, 0.29) is 5.91 Å². The Balaban J connectivity index is 2.44. The SMILES string of the molecule is CCC(=O)N1CCC(O)c2cc(C)ccc21. The molecule has 1 aromatic carbocycles. The molecule has 0 radical (unpaired) electrons. The fourth-order valence-corrected chi connectivity index (χ4v) is 2.16. The highest BCUT2D eigenvalue weighted by Gasteiger charge is 2.26. The van der Waals surface area contributed by atoms with Crippen LogP contribution >= 0.6 is 0 Å². The maximum atomic E-state index is 11.8. The predicted octanol–water partition coefficient (Wildman–Crippen LogP) is 2.18. The van der Waals surface area contributed by atoms with Gasteiger partial charge in [-0.15, -0.1) is 0 Å². The lowest BCUT2D eigenvalue weighted by molar-refractivity contribution is -0.118. The number of carbonyl (C=O) groups excluding carboxylic acids is 1. The van der Waals surface area contributed by atoms with Crippen LogP contribution in [-0.4, -0.2) is 17.6 Å². The van der Waals surface area contributed by atoms with E-state index in [4.69, 9.17) is 0 Å². The smallest absolute Gasteiger partial charge is 0.226 e. The Kier molecular flexibility index (Phi) is 2.97. The van der Waals surface area contributed by atoms with Crippen LogP contribution in [0.3, 0.4) is 0 Å². The Hall–Kier alpha value is -1.35. The van der Waals surface area contributed by atoms with Gasteiger partial charge in [0.15, 0.2) is 0 Å². The molecule has 1 heterocycles. The van der Waals surface area contributed by atoms with Gasteiger partial charge < -0.3 is 10.0 Å². The number of anilines is 1. The van der Waals surface area contributed by atoms with Crippen molar-refractivity contribution >= 4 is 11.6 Å². The summed E-state index contributed by atoms with van der Waals surface area (Å²) in [5.41, 5.74) is 2.87. The largest absolute Gasteiger partial charge is 0.388 e. The molecule has 16 heavy (non-hydrogen) atoms. The van der Waals surface area contributed by atoms with E-state index in [1.54, 1.807) is 4.90 Å². The van der Waals surface area contributed by atoms with Gasteiger partial charge in [-0.05, 0) is 19.4 Å². The third kappa shape index (κ3) is 1.83. The molecule has 0 saturated heterocycles. The Bertz CT molecular complexity index is 414. The van der Waals surface area contributed by atoms with Crippen LogP contribution in [0.4, 0.5) is 5.69 Å². The van der Waals surface area contributed by atoms with Gasteiger partial charge in [0.2, 0.25) is 5.91 Å². The second-order valence-corrected chi connectivity index (χ2v) is 4.27. The number of amides is 1. The molecule has 1 aliphatic rings. The Labute approximate surface area is 95.7 Å². The maximum Gasteiger partial charge on any atom is 0.226 e. The van der Waals surface area contributed by atoms with E-state index in [1.165, 1.54) is 0 Å². The third-order valence-electron chi connectivity index (χ3n) is 3.06. The minimum absolute atomic E-state index is 0.122. The normalized spacial score (nSPS) is 19.4. The van der Waals surface area contributed by atoms with Gasteiger partial charge in [-0.3, -0.25) is 4.79 Å². The summed E-state index contributed by atoms with van der Waals surface area (Å²) < 4.78 is 0. The molecule has 1 aromatic rings. The quantitative estimate of drug-likeness (QED) is 0.786. The fraction of sp³-hybridized carbons (Fsp3) is 0.462. The zero-order valence-corrected chi connectivity index (χ0v) is 9.73. The second kappa shape index (κ2) is 4.26. The van der Waals surface area contributed by atoms with E-state index in [9.17, 15) is 9.90 Å². The number of hydrogen-bond acceptors (Lipinski definition) is 2. The third-order valence-corrected chi connectivity index (χ3v) is 3.06. The standard InChI is InChI=1S/C13H17NO2/c1-3-13(16)14-7-6-12(15)10-8-9(2)4-5-11(10)14/h4-5,8,12,15H,3,6-7H2,1-2H3. The van der Waals surface area contributed by atoms with Crippen LogP contribution in [0, 0.1) is 6.92 Å². The van der Waals surface area contributed by atoms with Gasteiger partial charge in [0.1, 0.15) is 0 Å². The minimum atomic E-state index is -0.434. The summed E-state index contributed by atoms with van der Waals surface area (Å²) in [5, 5.41) is 9.92. The highest BCUT2D eigenvalue weighted by molar-refractivity contribution is 5.94. The first kappa shape index (κ1) is 11.1. The average Bonchev–Trinajstić information content (AvgIpc) is 2.29. The fourth-order valence-electron chi connectivity index (χ4n) is 2.16. The lowest BCUT2D eigenvalue weighted by Crippen LogP contribution is -2.36. The second-order valence-electron chi connectivity index (χ2n) is 4.27. The van der Waals surface area contributed by atoms with E-state index in [0.29, 0.717) is 19.4 Å². The van der Waals surface area contributed by atoms with Crippen molar-refractivity contribution in [3.05, 3.63) is 29.3 Å². The molecule has 1 atom stereocenters. The molecular weight excluding hydrogens is 202 g/mol. The summed E-state index contributed by atoms with van der Waals surface area (Å²) in [7, 11) is 0. The predicted molar refractivity (Wildman–Crippen MR) is 63.4 cm³/mol. The maximum absolute atomic E-state index is 11.8. The zero-order valence-electron chi connectivity index (χ0n) is 9.73. The van der Waals surface area contributed by atoms with E-state index >= 15 is 0 Å². The number of nitrogens with zero attached hydrogens (tertiary/aromatic N) is 1. The van der Waals surface area contributed by atoms with Crippen LogP contribution in [0.2, 0.25) is 0 Å². The molecule has 0 aromatic heterocycles. The molecule has 1 aliphatic heterocycles. The van der Waals surface area contributed by atoms with Gasteiger partial charge in [0, 0.05) is 24.2 Å². The minimum Gasteiger partial charge on any atom is -0.388 e. The van der Waals surface area contributed by atoms with Crippen LogP contribution < -0.4 is 4.90 Å². The van der Waals surface area contributed by atoms with E-state index < -0.39 is 6.10 Å². The Morgan fingerprint density at radius 1 is 1.56 bits per heavy atom. The molecule has 3 heteroatoms. The molecule has 86 valence electrons. The molecule has 0 bridgehead atoms. The van der Waals surface area contributed by atoms with Crippen molar-refractivity contribution < 1.29 is 9.90 Å². The van der Waals surface area contributed by atoms with E-state index in [1.807, 2.05) is 32.0 Å². The molecule has 0 saturated carbocycles. The van der Waals surface area contributed by atoms with Crippen LogP contribution in [-0.2, 0) is 4.79 Å². The molecule has 1 amide bonds. The molecule has 1 N–H and O–H groups in total. The van der Waals surface area contributed by atoms with Crippen molar-refractivity contribution in [3.63, 3.8) is 0 Å². The molecule has 1 unspecified atom stereocenters. The van der Waals surface area contributed by atoms with Gasteiger partial charge >= 0.3 is 0 Å². The molecular formula is C13H17NO2. The molecule has 3 nitrogen and oxygen atoms in total. The average molecular weight is 219 g/mol. The first-order valence-electron chi connectivity index (χ1n) is 5.72. The van der Waals surface area contributed by atoms with Gasteiger partial charge in [-0.25, -0.2) is 0 Å². The Morgan fingerprint density at radius 3 is 3.00 bits per heavy atom. The number of aliphatic hydroxyl groups is 1. The van der Waals surface area contributed by atoms with Gasteiger partial charge in [-0.1, -0.05) is 24.6 Å². The molecule has 0 aliphatic carbocycles. The number of fused-ring (bicyclic) bond motifs is 1. The number of benzene rings is 1. The summed E-state index contributed by atoms with van der Waals surface area (Å²) in [6, 6.07) is 5.88. The highest BCUT2D eigenvalue weighted by atomic mass is 16.3. The van der Waals surface area contributed by atoms with E-state index in [2.05, 4.69) is 0 Å². The number of aryl methyl sites for hydroxylation is 1. The van der Waals surface area contributed by atoms with Crippen LogP contribution in [0.15, 0.2) is 18.2 Å².